The van der Waals surface area contributed by atoms with Crippen molar-refractivity contribution in [1.82, 2.24) is 9.80 Å². The monoisotopic (exact) mass is 318 g/mol. The third-order valence-electron chi connectivity index (χ3n) is 5.39. The molecule has 0 aromatic heterocycles. The molecule has 0 bridgehead atoms. The number of nitrogens with zero attached hydrogens (tertiary/aromatic N) is 2. The summed E-state index contributed by atoms with van der Waals surface area (Å²) in [6.07, 6.45) is 3.33. The van der Waals surface area contributed by atoms with Crippen molar-refractivity contribution in [2.45, 2.75) is 31.6 Å². The average molecular weight is 318 g/mol. The second kappa shape index (κ2) is 7.75. The molecular weight excluding hydrogens is 288 g/mol. The Hall–Kier alpha value is -0.940. The second-order valence-electron chi connectivity index (χ2n) is 7.01. The molecule has 128 valence electrons. The lowest BCUT2D eigenvalue weighted by Crippen LogP contribution is -2.51. The first kappa shape index (κ1) is 16.9. The highest BCUT2D eigenvalue weighted by Gasteiger charge is 2.45. The third kappa shape index (κ3) is 4.32. The van der Waals surface area contributed by atoms with Gasteiger partial charge in [0.2, 0.25) is 0 Å². The number of hydrogen-bond donors (Lipinski definition) is 0. The Balaban J connectivity index is 1.42. The SMILES string of the molecule is COC1(OC)CC(CN2CCCN(Cc3ccccc3)CC2)C1. The summed E-state index contributed by atoms with van der Waals surface area (Å²) in [6, 6.07) is 10.8. The maximum Gasteiger partial charge on any atom is 0.168 e. The van der Waals surface area contributed by atoms with E-state index in [1.54, 1.807) is 14.2 Å². The van der Waals surface area contributed by atoms with Crippen molar-refractivity contribution in [2.75, 3.05) is 46.9 Å². The minimum atomic E-state index is -0.296. The Morgan fingerprint density at radius 1 is 0.957 bits per heavy atom. The maximum absolute atomic E-state index is 5.50. The van der Waals surface area contributed by atoms with Gasteiger partial charge in [-0.3, -0.25) is 4.90 Å². The van der Waals surface area contributed by atoms with Crippen LogP contribution in [0.1, 0.15) is 24.8 Å². The molecule has 0 unspecified atom stereocenters. The summed E-state index contributed by atoms with van der Waals surface area (Å²) < 4.78 is 11.0. The highest BCUT2D eigenvalue weighted by atomic mass is 16.7. The lowest BCUT2D eigenvalue weighted by molar-refractivity contribution is -0.271. The first-order chi connectivity index (χ1) is 11.2. The number of benzene rings is 1. The van der Waals surface area contributed by atoms with Crippen molar-refractivity contribution in [3.63, 3.8) is 0 Å². The van der Waals surface area contributed by atoms with Gasteiger partial charge in [-0.05, 0) is 31.0 Å². The van der Waals surface area contributed by atoms with Crippen LogP contribution in [0.5, 0.6) is 0 Å². The number of methoxy groups -OCH3 is 2. The molecular formula is C19H30N2O2. The van der Waals surface area contributed by atoms with Crippen molar-refractivity contribution < 1.29 is 9.47 Å². The molecule has 0 spiro atoms. The van der Waals surface area contributed by atoms with Gasteiger partial charge in [0.1, 0.15) is 0 Å². The molecule has 0 radical (unpaired) electrons. The Bertz CT molecular complexity index is 468. The summed E-state index contributed by atoms with van der Waals surface area (Å²) in [5.41, 5.74) is 1.42. The van der Waals surface area contributed by atoms with E-state index in [4.69, 9.17) is 9.47 Å². The van der Waals surface area contributed by atoms with Crippen LogP contribution in [0.15, 0.2) is 30.3 Å². The fraction of sp³-hybridized carbons (Fsp3) is 0.684. The van der Waals surface area contributed by atoms with E-state index in [2.05, 4.69) is 40.1 Å². The number of rotatable bonds is 6. The van der Waals surface area contributed by atoms with E-state index in [-0.39, 0.29) is 5.79 Å². The lowest BCUT2D eigenvalue weighted by Gasteiger charge is -2.46. The van der Waals surface area contributed by atoms with E-state index >= 15 is 0 Å². The normalized spacial score (nSPS) is 23.4. The Morgan fingerprint density at radius 3 is 2.30 bits per heavy atom. The van der Waals surface area contributed by atoms with E-state index in [1.165, 1.54) is 44.7 Å². The van der Waals surface area contributed by atoms with Gasteiger partial charge in [0.15, 0.2) is 5.79 Å². The van der Waals surface area contributed by atoms with Gasteiger partial charge in [-0.1, -0.05) is 30.3 Å². The minimum absolute atomic E-state index is 0.296. The van der Waals surface area contributed by atoms with E-state index in [1.807, 2.05) is 0 Å². The first-order valence-electron chi connectivity index (χ1n) is 8.82. The van der Waals surface area contributed by atoms with Crippen molar-refractivity contribution in [2.24, 2.45) is 5.92 Å². The zero-order valence-electron chi connectivity index (χ0n) is 14.5. The highest BCUT2D eigenvalue weighted by molar-refractivity contribution is 5.14. The minimum Gasteiger partial charge on any atom is -0.353 e. The smallest absolute Gasteiger partial charge is 0.168 e. The Kier molecular flexibility index (Phi) is 5.70. The molecule has 1 aliphatic heterocycles. The van der Waals surface area contributed by atoms with Gasteiger partial charge in [0, 0.05) is 53.2 Å². The van der Waals surface area contributed by atoms with Crippen LogP contribution in [0.4, 0.5) is 0 Å². The summed E-state index contributed by atoms with van der Waals surface area (Å²) in [6.45, 7) is 7.03. The molecule has 4 heteroatoms. The summed E-state index contributed by atoms with van der Waals surface area (Å²) in [4.78, 5) is 5.22. The third-order valence-corrected chi connectivity index (χ3v) is 5.39. The second-order valence-corrected chi connectivity index (χ2v) is 7.01. The van der Waals surface area contributed by atoms with Crippen LogP contribution in [-0.4, -0.2) is 62.5 Å². The maximum atomic E-state index is 5.50. The largest absolute Gasteiger partial charge is 0.353 e. The fourth-order valence-corrected chi connectivity index (χ4v) is 3.94. The topological polar surface area (TPSA) is 24.9 Å². The standard InChI is InChI=1S/C19H30N2O2/c1-22-19(23-2)13-18(14-19)16-21-10-6-9-20(11-12-21)15-17-7-4-3-5-8-17/h3-5,7-8,18H,6,9-16H2,1-2H3. The summed E-state index contributed by atoms with van der Waals surface area (Å²) in [5.74, 6) is 0.422. The first-order valence-corrected chi connectivity index (χ1v) is 8.82. The van der Waals surface area contributed by atoms with E-state index in [0.29, 0.717) is 0 Å². The predicted octanol–water partition coefficient (Wildman–Crippen LogP) is 2.59. The van der Waals surface area contributed by atoms with Gasteiger partial charge in [-0.2, -0.15) is 0 Å². The van der Waals surface area contributed by atoms with Crippen LogP contribution < -0.4 is 0 Å². The van der Waals surface area contributed by atoms with E-state index in [0.717, 1.165) is 25.3 Å². The molecule has 1 aromatic rings. The van der Waals surface area contributed by atoms with Crippen LogP contribution in [-0.2, 0) is 16.0 Å². The molecule has 1 heterocycles. The molecule has 0 amide bonds. The van der Waals surface area contributed by atoms with Crippen LogP contribution in [0.25, 0.3) is 0 Å². The highest BCUT2D eigenvalue weighted by Crippen LogP contribution is 2.41. The van der Waals surface area contributed by atoms with E-state index < -0.39 is 0 Å². The number of hydrogen-bond acceptors (Lipinski definition) is 4. The molecule has 4 nitrogen and oxygen atoms in total. The summed E-state index contributed by atoms with van der Waals surface area (Å²) in [7, 11) is 3.51. The molecule has 23 heavy (non-hydrogen) atoms. The Morgan fingerprint density at radius 2 is 1.61 bits per heavy atom. The zero-order valence-corrected chi connectivity index (χ0v) is 14.5. The van der Waals surface area contributed by atoms with Gasteiger partial charge < -0.3 is 14.4 Å². The molecule has 2 aliphatic rings. The van der Waals surface area contributed by atoms with Crippen LogP contribution in [0.3, 0.4) is 0 Å². The van der Waals surface area contributed by atoms with Crippen LogP contribution >= 0.6 is 0 Å². The zero-order chi connectivity index (χ0) is 16.1. The van der Waals surface area contributed by atoms with Crippen LogP contribution in [0.2, 0.25) is 0 Å². The van der Waals surface area contributed by atoms with Crippen molar-refractivity contribution in [3.8, 4) is 0 Å². The molecule has 0 N–H and O–H groups in total. The predicted molar refractivity (Wildman–Crippen MR) is 92.2 cm³/mol. The average Bonchev–Trinajstić information content (AvgIpc) is 2.77. The van der Waals surface area contributed by atoms with Crippen molar-refractivity contribution >= 4 is 0 Å². The van der Waals surface area contributed by atoms with Crippen molar-refractivity contribution in [1.29, 1.82) is 0 Å². The van der Waals surface area contributed by atoms with E-state index in [9.17, 15) is 0 Å². The van der Waals surface area contributed by atoms with Gasteiger partial charge in [0.25, 0.3) is 0 Å². The van der Waals surface area contributed by atoms with Gasteiger partial charge >= 0.3 is 0 Å². The van der Waals surface area contributed by atoms with Crippen LogP contribution in [0, 0.1) is 5.92 Å². The number of ether oxygens (including phenoxy) is 2. The van der Waals surface area contributed by atoms with Crippen molar-refractivity contribution in [3.05, 3.63) is 35.9 Å². The Labute approximate surface area is 140 Å². The molecule has 1 saturated heterocycles. The molecule has 1 aromatic carbocycles. The molecule has 1 aliphatic carbocycles. The fourth-order valence-electron chi connectivity index (χ4n) is 3.94. The molecule has 0 atom stereocenters. The van der Waals surface area contributed by atoms with Gasteiger partial charge in [-0.15, -0.1) is 0 Å². The quantitative estimate of drug-likeness (QED) is 0.753. The summed E-state index contributed by atoms with van der Waals surface area (Å²) in [5, 5.41) is 0. The summed E-state index contributed by atoms with van der Waals surface area (Å²) >= 11 is 0. The molecule has 1 saturated carbocycles. The molecule has 3 rings (SSSR count). The van der Waals surface area contributed by atoms with Gasteiger partial charge in [0.05, 0.1) is 0 Å². The lowest BCUT2D eigenvalue weighted by atomic mass is 9.78. The van der Waals surface area contributed by atoms with Gasteiger partial charge in [-0.25, -0.2) is 0 Å². The molecule has 2 fully saturated rings.